The van der Waals surface area contributed by atoms with Gasteiger partial charge in [0.1, 0.15) is 0 Å². The molecule has 10 heteroatoms. The van der Waals surface area contributed by atoms with E-state index in [0.717, 1.165) is 122 Å². The molecule has 0 aromatic rings. The first-order valence-electron chi connectivity index (χ1n) is 21.5. The Balaban J connectivity index is 0. The fourth-order valence-electron chi connectivity index (χ4n) is 6.68. The van der Waals surface area contributed by atoms with Crippen LogP contribution in [0.15, 0.2) is 0 Å². The van der Waals surface area contributed by atoms with Crippen molar-refractivity contribution in [3.63, 3.8) is 0 Å². The number of methoxy groups -OCH3 is 2. The predicted molar refractivity (Wildman–Crippen MR) is 220 cm³/mol. The van der Waals surface area contributed by atoms with E-state index in [1.807, 2.05) is 0 Å². The lowest BCUT2D eigenvalue weighted by molar-refractivity contribution is -0.141. The Hall–Kier alpha value is -1.16. The highest BCUT2D eigenvalue weighted by atomic mass is 32.2. The second-order valence-electron chi connectivity index (χ2n) is 14.7. The lowest BCUT2D eigenvalue weighted by Crippen LogP contribution is -2.23. The van der Waals surface area contributed by atoms with E-state index in [9.17, 15) is 26.4 Å². The molecule has 52 heavy (non-hydrogen) atoms. The summed E-state index contributed by atoms with van der Waals surface area (Å²) >= 11 is 0. The van der Waals surface area contributed by atoms with Crippen molar-refractivity contribution in [1.82, 2.24) is 0 Å². The number of rotatable bonds is 36. The normalized spacial score (nSPS) is 12.9. The molecule has 312 valence electrons. The van der Waals surface area contributed by atoms with Gasteiger partial charge >= 0.3 is 11.9 Å². The minimum Gasteiger partial charge on any atom is -0.469 e. The summed E-state index contributed by atoms with van der Waals surface area (Å²) in [4.78, 5) is 22.1. The summed E-state index contributed by atoms with van der Waals surface area (Å²) in [6, 6.07) is 0. The van der Waals surface area contributed by atoms with Crippen molar-refractivity contribution in [3.05, 3.63) is 0 Å². The molecule has 0 bridgehead atoms. The van der Waals surface area contributed by atoms with Gasteiger partial charge in [-0.25, -0.2) is 16.8 Å². The minimum atomic E-state index is -2.93. The Morgan fingerprint density at radius 1 is 0.385 bits per heavy atom. The summed E-state index contributed by atoms with van der Waals surface area (Å²) in [7, 11) is -3.01. The number of unbranched alkanes of at least 4 members (excludes halogenated alkanes) is 20. The molecule has 0 amide bonds. The van der Waals surface area contributed by atoms with E-state index in [0.29, 0.717) is 12.8 Å². The van der Waals surface area contributed by atoms with E-state index in [-0.39, 0.29) is 33.9 Å². The van der Waals surface area contributed by atoms with Crippen LogP contribution in [-0.2, 0) is 38.7 Å². The summed E-state index contributed by atoms with van der Waals surface area (Å²) in [5.74, 6) is 0.245. The van der Waals surface area contributed by atoms with Crippen LogP contribution >= 0.6 is 0 Å². The number of carbonyl (C=O) groups excluding carboxylic acids is 2. The molecular formula is C42H84O8S2. The lowest BCUT2D eigenvalue weighted by Gasteiger charge is -2.16. The van der Waals surface area contributed by atoms with Gasteiger partial charge in [0.2, 0.25) is 0 Å². The summed E-state index contributed by atoms with van der Waals surface area (Å²) in [6.45, 7) is 7.97. The third-order valence-electron chi connectivity index (χ3n) is 10.3. The van der Waals surface area contributed by atoms with Crippen molar-refractivity contribution in [2.45, 2.75) is 231 Å². The topological polar surface area (TPSA) is 121 Å². The van der Waals surface area contributed by atoms with Gasteiger partial charge in [0, 0.05) is 24.3 Å². The smallest absolute Gasteiger partial charge is 0.305 e. The quantitative estimate of drug-likeness (QED) is 0.0455. The first-order valence-corrected chi connectivity index (χ1v) is 24.9. The predicted octanol–water partition coefficient (Wildman–Crippen LogP) is 11.7. The van der Waals surface area contributed by atoms with E-state index in [1.54, 1.807) is 13.8 Å². The number of ether oxygens (including phenoxy) is 2. The Morgan fingerprint density at radius 3 is 0.846 bits per heavy atom. The van der Waals surface area contributed by atoms with Crippen LogP contribution in [-0.4, -0.2) is 65.0 Å². The largest absolute Gasteiger partial charge is 0.469 e. The van der Waals surface area contributed by atoms with Crippen LogP contribution in [0.2, 0.25) is 0 Å². The van der Waals surface area contributed by atoms with Crippen LogP contribution in [0.5, 0.6) is 0 Å². The standard InChI is InChI=1S/2C21H42O4S/c1-4-6-7-8-11-14-17-20(26(23,24)5-2)18-15-12-9-10-13-16-19-21(22)25-3;1-4-6-7-8-9-11-14-17-20(26(23,24)5-2)18-15-12-10-13-16-19-21(22)25-3/h2*20H,4-19H2,1-3H3. The molecule has 0 fully saturated rings. The molecular weight excluding hydrogens is 697 g/mol. The third-order valence-corrected chi connectivity index (χ3v) is 14.9. The third kappa shape index (κ3) is 32.3. The van der Waals surface area contributed by atoms with Gasteiger partial charge in [0.25, 0.3) is 0 Å². The zero-order valence-electron chi connectivity index (χ0n) is 34.9. The highest BCUT2D eigenvalue weighted by Gasteiger charge is 2.23. The molecule has 0 N–H and O–H groups in total. The van der Waals surface area contributed by atoms with Crippen LogP contribution in [0.1, 0.15) is 220 Å². The van der Waals surface area contributed by atoms with Crippen LogP contribution in [0, 0.1) is 0 Å². The summed E-state index contributed by atoms with van der Waals surface area (Å²) < 4.78 is 58.5. The molecule has 0 aliphatic heterocycles. The van der Waals surface area contributed by atoms with Gasteiger partial charge < -0.3 is 9.47 Å². The van der Waals surface area contributed by atoms with Crippen molar-refractivity contribution in [2.75, 3.05) is 25.7 Å². The molecule has 0 spiro atoms. The van der Waals surface area contributed by atoms with Gasteiger partial charge in [-0.05, 0) is 38.5 Å². The number of hydrogen-bond acceptors (Lipinski definition) is 8. The molecule has 0 saturated heterocycles. The van der Waals surface area contributed by atoms with Gasteiger partial charge in [0.05, 0.1) is 24.7 Å². The van der Waals surface area contributed by atoms with E-state index in [2.05, 4.69) is 23.3 Å². The maximum absolute atomic E-state index is 12.3. The number of esters is 2. The van der Waals surface area contributed by atoms with Crippen LogP contribution in [0.4, 0.5) is 0 Å². The van der Waals surface area contributed by atoms with Crippen LogP contribution in [0.25, 0.3) is 0 Å². The highest BCUT2D eigenvalue weighted by Crippen LogP contribution is 2.22. The summed E-state index contributed by atoms with van der Waals surface area (Å²) in [5, 5.41) is -0.295. The maximum Gasteiger partial charge on any atom is 0.305 e. The number of hydrogen-bond donors (Lipinski definition) is 0. The van der Waals surface area contributed by atoms with E-state index in [1.165, 1.54) is 72.0 Å². The average molecular weight is 781 g/mol. The van der Waals surface area contributed by atoms with E-state index in [4.69, 9.17) is 0 Å². The Kier molecular flexibility index (Phi) is 37.5. The Morgan fingerprint density at radius 2 is 0.615 bits per heavy atom. The molecule has 8 nitrogen and oxygen atoms in total. The zero-order valence-corrected chi connectivity index (χ0v) is 36.5. The molecule has 0 radical (unpaired) electrons. The van der Waals surface area contributed by atoms with Gasteiger partial charge in [-0.15, -0.1) is 0 Å². The second-order valence-corrected chi connectivity index (χ2v) is 19.9. The maximum atomic E-state index is 12.3. The first-order chi connectivity index (χ1) is 24.9. The van der Waals surface area contributed by atoms with Crippen LogP contribution < -0.4 is 0 Å². The minimum absolute atomic E-state index is 0.132. The zero-order chi connectivity index (χ0) is 39.4. The molecule has 0 heterocycles. The molecule has 0 saturated carbocycles. The molecule has 2 atom stereocenters. The SMILES string of the molecule is CCCCCCCCC(CCCCCCCCC(=O)OC)S(=O)(=O)CC.CCCCCCCCCC(CCCCCCCC(=O)OC)S(=O)(=O)CC. The Bertz CT molecular complexity index is 1030. The van der Waals surface area contributed by atoms with Crippen molar-refractivity contribution in [2.24, 2.45) is 0 Å². The molecule has 2 unspecified atom stereocenters. The van der Waals surface area contributed by atoms with Gasteiger partial charge in [-0.2, -0.15) is 0 Å². The van der Waals surface area contributed by atoms with Crippen molar-refractivity contribution in [3.8, 4) is 0 Å². The second kappa shape index (κ2) is 36.8. The fourth-order valence-corrected chi connectivity index (χ4v) is 9.73. The van der Waals surface area contributed by atoms with E-state index < -0.39 is 19.7 Å². The molecule has 0 aromatic heterocycles. The molecule has 0 rings (SSSR count). The van der Waals surface area contributed by atoms with Crippen molar-refractivity contribution in [1.29, 1.82) is 0 Å². The molecule has 0 aliphatic carbocycles. The highest BCUT2D eigenvalue weighted by molar-refractivity contribution is 7.92. The molecule has 0 aromatic carbocycles. The van der Waals surface area contributed by atoms with Gasteiger partial charge in [-0.1, -0.05) is 169 Å². The number of sulfone groups is 2. The van der Waals surface area contributed by atoms with Crippen molar-refractivity contribution < 1.29 is 35.9 Å². The summed E-state index contributed by atoms with van der Waals surface area (Å²) in [6.07, 6.45) is 31.3. The Labute approximate surface area is 323 Å². The van der Waals surface area contributed by atoms with Crippen molar-refractivity contribution >= 4 is 31.6 Å². The first kappa shape index (κ1) is 52.9. The number of carbonyl (C=O) groups is 2. The van der Waals surface area contributed by atoms with Gasteiger partial charge in [0.15, 0.2) is 19.7 Å². The average Bonchev–Trinajstić information content (AvgIpc) is 3.14. The van der Waals surface area contributed by atoms with E-state index >= 15 is 0 Å². The summed E-state index contributed by atoms with van der Waals surface area (Å²) in [5.41, 5.74) is 0. The lowest BCUT2D eigenvalue weighted by atomic mass is 10.0. The monoisotopic (exact) mass is 781 g/mol. The fraction of sp³-hybridized carbons (Fsp3) is 0.952. The van der Waals surface area contributed by atoms with Crippen LogP contribution in [0.3, 0.4) is 0 Å². The van der Waals surface area contributed by atoms with Gasteiger partial charge in [-0.3, -0.25) is 9.59 Å². The molecule has 0 aliphatic rings.